The molecule has 4 saturated carbocycles. The number of likely N-dealkylation sites (N-methyl/N-ethyl adjacent to an activating group) is 1. The van der Waals surface area contributed by atoms with Gasteiger partial charge in [0.25, 0.3) is 5.91 Å². The molecule has 2 heterocycles. The van der Waals surface area contributed by atoms with Gasteiger partial charge in [0.05, 0.1) is 12.1 Å². The molecule has 6 fully saturated rings. The van der Waals surface area contributed by atoms with Crippen LogP contribution in [0.3, 0.4) is 0 Å². The van der Waals surface area contributed by atoms with Gasteiger partial charge >= 0.3 is 0 Å². The molecular weight excluding hydrogens is 672 g/mol. The van der Waals surface area contributed by atoms with Crippen molar-refractivity contribution in [2.45, 2.75) is 174 Å². The maximum absolute atomic E-state index is 15.0. The second kappa shape index (κ2) is 14.9. The molecule has 2 saturated heterocycles. The van der Waals surface area contributed by atoms with Crippen LogP contribution in [0.25, 0.3) is 0 Å². The van der Waals surface area contributed by atoms with Gasteiger partial charge in [0.2, 0.25) is 29.4 Å². The number of amides is 5. The van der Waals surface area contributed by atoms with Crippen molar-refractivity contribution in [3.05, 3.63) is 0 Å². The highest BCUT2D eigenvalue weighted by Gasteiger charge is 2.85. The largest absolute Gasteiger partial charge is 0.347 e. The summed E-state index contributed by atoms with van der Waals surface area (Å²) in [5.41, 5.74) is -1.02. The zero-order chi connectivity index (χ0) is 38.5. The average Bonchev–Trinajstić information content (AvgIpc) is 3.80. The minimum Gasteiger partial charge on any atom is -0.347 e. The van der Waals surface area contributed by atoms with Crippen LogP contribution in [-0.4, -0.2) is 102 Å². The number of fused-ring (bicyclic) bond motifs is 1. The van der Waals surface area contributed by atoms with Crippen molar-refractivity contribution in [1.29, 1.82) is 0 Å². The van der Waals surface area contributed by atoms with Gasteiger partial charge in [0.15, 0.2) is 0 Å². The van der Waals surface area contributed by atoms with E-state index in [0.29, 0.717) is 25.8 Å². The fraction of sp³-hybridized carbons (Fsp3) is 0.854. The zero-order valence-electron chi connectivity index (χ0n) is 33.4. The number of hydrogen-bond donors (Lipinski definition) is 4. The molecule has 4 aliphatic carbocycles. The molecule has 0 aromatic carbocycles. The van der Waals surface area contributed by atoms with E-state index in [9.17, 15) is 24.0 Å². The molecular formula is C41H66N6O6. The average molecular weight is 739 g/mol. The van der Waals surface area contributed by atoms with Crippen LogP contribution < -0.4 is 21.3 Å². The quantitative estimate of drug-likeness (QED) is 0.211. The number of nitrogens with zero attached hydrogens (tertiary/aromatic N) is 2. The minimum absolute atomic E-state index is 0.0163. The molecule has 296 valence electrons. The van der Waals surface area contributed by atoms with E-state index in [4.69, 9.17) is 0 Å². The van der Waals surface area contributed by atoms with Crippen LogP contribution in [0.15, 0.2) is 0 Å². The summed E-state index contributed by atoms with van der Waals surface area (Å²) in [5, 5.41) is 12.0. The third-order valence-corrected chi connectivity index (χ3v) is 14.7. The smallest absolute Gasteiger partial charge is 0.289 e. The molecule has 2 aliphatic heterocycles. The Hall–Kier alpha value is -3.02. The highest BCUT2D eigenvalue weighted by Crippen LogP contribution is 2.88. The Labute approximate surface area is 316 Å². The lowest BCUT2D eigenvalue weighted by atomic mass is 9.73. The Balaban J connectivity index is 1.26. The second-order valence-electron chi connectivity index (χ2n) is 19.1. The summed E-state index contributed by atoms with van der Waals surface area (Å²) < 4.78 is 0. The summed E-state index contributed by atoms with van der Waals surface area (Å²) in [6.45, 7) is 13.4. The van der Waals surface area contributed by atoms with Crippen LogP contribution in [0.4, 0.5) is 0 Å². The number of carbonyl (C=O) groups excluding carboxylic acids is 6. The van der Waals surface area contributed by atoms with E-state index < -0.39 is 47.2 Å². The van der Waals surface area contributed by atoms with Crippen molar-refractivity contribution >= 4 is 35.3 Å². The first-order valence-electron chi connectivity index (χ1n) is 20.7. The third-order valence-electron chi connectivity index (χ3n) is 14.7. The monoisotopic (exact) mass is 739 g/mol. The number of Topliss-reactive ketones (excluding diaryl/α,β-unsaturated/α-hetero) is 1. The van der Waals surface area contributed by atoms with E-state index >= 15 is 4.79 Å². The molecule has 0 unspecified atom stereocenters. The molecule has 2 spiro atoms. The summed E-state index contributed by atoms with van der Waals surface area (Å²) in [4.78, 5) is 87.3. The Morgan fingerprint density at radius 3 is 1.98 bits per heavy atom. The second-order valence-corrected chi connectivity index (χ2v) is 19.1. The van der Waals surface area contributed by atoms with Crippen LogP contribution in [-0.2, 0) is 28.8 Å². The van der Waals surface area contributed by atoms with Crippen LogP contribution >= 0.6 is 0 Å². The molecule has 53 heavy (non-hydrogen) atoms. The number of hydrogen-bond acceptors (Lipinski definition) is 7. The van der Waals surface area contributed by atoms with Crippen LogP contribution in [0.2, 0.25) is 0 Å². The summed E-state index contributed by atoms with van der Waals surface area (Å²) in [6, 6.07) is -3.83. The van der Waals surface area contributed by atoms with Crippen molar-refractivity contribution in [3.63, 3.8) is 0 Å². The molecule has 12 heteroatoms. The van der Waals surface area contributed by atoms with Gasteiger partial charge in [-0.05, 0) is 100.0 Å². The number of ketones is 1. The third kappa shape index (κ3) is 7.27. The molecule has 0 aromatic rings. The van der Waals surface area contributed by atoms with Crippen molar-refractivity contribution in [2.24, 2.45) is 27.6 Å². The first-order valence-corrected chi connectivity index (χ1v) is 20.7. The van der Waals surface area contributed by atoms with Gasteiger partial charge in [-0.3, -0.25) is 33.7 Å². The maximum Gasteiger partial charge on any atom is 0.289 e. The summed E-state index contributed by atoms with van der Waals surface area (Å²) >= 11 is 0. The van der Waals surface area contributed by atoms with Gasteiger partial charge in [-0.1, -0.05) is 73.6 Å². The molecule has 12 nitrogen and oxygen atoms in total. The number of rotatable bonds is 13. The predicted molar refractivity (Wildman–Crippen MR) is 201 cm³/mol. The number of likely N-dealkylation sites (tertiary alicyclic amines) is 2. The molecule has 5 amide bonds. The van der Waals surface area contributed by atoms with E-state index in [1.165, 1.54) is 0 Å². The first-order chi connectivity index (χ1) is 25.0. The highest BCUT2D eigenvalue weighted by atomic mass is 16.2. The highest BCUT2D eigenvalue weighted by molar-refractivity contribution is 6.38. The van der Waals surface area contributed by atoms with Crippen LogP contribution in [0.5, 0.6) is 0 Å². The molecule has 6 rings (SSSR count). The predicted octanol–water partition coefficient (Wildman–Crippen LogP) is 3.61. The molecule has 6 atom stereocenters. The van der Waals surface area contributed by atoms with E-state index in [1.807, 2.05) is 39.6 Å². The summed E-state index contributed by atoms with van der Waals surface area (Å²) in [7, 11) is 1.94. The van der Waals surface area contributed by atoms with E-state index in [2.05, 4.69) is 35.1 Å². The van der Waals surface area contributed by atoms with Gasteiger partial charge in [0.1, 0.15) is 18.1 Å². The lowest BCUT2D eigenvalue weighted by molar-refractivity contribution is -0.145. The van der Waals surface area contributed by atoms with Crippen molar-refractivity contribution in [2.75, 3.05) is 20.1 Å². The van der Waals surface area contributed by atoms with E-state index in [1.54, 1.807) is 4.90 Å². The van der Waals surface area contributed by atoms with E-state index in [0.717, 1.165) is 83.6 Å². The molecule has 0 radical (unpaired) electrons. The van der Waals surface area contributed by atoms with Crippen LogP contribution in [0, 0.1) is 27.6 Å². The Bertz CT molecular complexity index is 1460. The van der Waals surface area contributed by atoms with Crippen molar-refractivity contribution in [3.8, 4) is 0 Å². The van der Waals surface area contributed by atoms with Crippen molar-refractivity contribution < 1.29 is 28.8 Å². The van der Waals surface area contributed by atoms with Crippen LogP contribution in [0.1, 0.15) is 138 Å². The molecule has 0 aromatic heterocycles. The van der Waals surface area contributed by atoms with Gasteiger partial charge in [-0.25, -0.2) is 0 Å². The number of carbonyl (C=O) groups is 6. The fourth-order valence-electron chi connectivity index (χ4n) is 10.9. The van der Waals surface area contributed by atoms with E-state index in [-0.39, 0.29) is 52.0 Å². The lowest BCUT2D eigenvalue weighted by Gasteiger charge is -2.38. The standard InChI is InChI=1S/C41H66N6O6/c1-8-14-27(31(48)36(52)42-26-18-19-26)43-34(50)29-23-41(39(5,6)40(41)20-13-21-40)24-47(29)37(53)32(38(2,3)4)45-35(51)30(25-15-10-9-11-16-25)44-33(49)28-17-12-22-46(28)7/h25-30,32H,8-24H2,1-7H3,(H,42,52)(H,43,50)(H,44,49)(H,45,51)/t27-,28-,29-,30-,32+,41+/m0/s1. The molecule has 6 aliphatic rings. The van der Waals surface area contributed by atoms with Gasteiger partial charge in [-0.2, -0.15) is 0 Å². The van der Waals surface area contributed by atoms with Gasteiger partial charge < -0.3 is 26.2 Å². The Kier molecular flexibility index (Phi) is 11.2. The van der Waals surface area contributed by atoms with Gasteiger partial charge in [0, 0.05) is 18.0 Å². The number of nitrogens with one attached hydrogen (secondary N) is 4. The van der Waals surface area contributed by atoms with Gasteiger partial charge in [-0.15, -0.1) is 0 Å². The topological polar surface area (TPSA) is 157 Å². The van der Waals surface area contributed by atoms with Crippen molar-refractivity contribution in [1.82, 2.24) is 31.1 Å². The Morgan fingerprint density at radius 1 is 0.792 bits per heavy atom. The first kappa shape index (κ1) is 39.7. The lowest BCUT2D eigenvalue weighted by Crippen LogP contribution is -2.62. The summed E-state index contributed by atoms with van der Waals surface area (Å²) in [5.74, 6) is -2.60. The normalized spacial score (nSPS) is 29.5. The fourth-order valence-corrected chi connectivity index (χ4v) is 10.9. The Morgan fingerprint density at radius 2 is 1.45 bits per heavy atom. The summed E-state index contributed by atoms with van der Waals surface area (Å²) in [6.07, 6.45) is 12.7. The minimum atomic E-state index is -0.985. The molecule has 4 N–H and O–H groups in total. The SMILES string of the molecule is CCC[C@H](NC(=O)[C@@H]1C[C@@]2(CN1C(=O)[C@@H](NC(=O)[C@@H](NC(=O)[C@@H]1CCCN1C)C1CCCCC1)C(C)(C)C)C(C)(C)C21CCC1)C(=O)C(=O)NC1CC1. The molecule has 0 bridgehead atoms. The maximum atomic E-state index is 15.0. The zero-order valence-corrected chi connectivity index (χ0v) is 33.4.